The number of nitrogens with two attached hydrogens (primary N) is 1. The van der Waals surface area contributed by atoms with Crippen molar-refractivity contribution in [2.45, 2.75) is 6.92 Å². The van der Waals surface area contributed by atoms with Crippen LogP contribution < -0.4 is 5.73 Å². The van der Waals surface area contributed by atoms with Gasteiger partial charge in [0.1, 0.15) is 17.2 Å². The number of anilines is 1. The highest BCUT2D eigenvalue weighted by molar-refractivity contribution is 5.86. The number of nitrogens with zero attached hydrogens (tertiary/aromatic N) is 4. The van der Waals surface area contributed by atoms with E-state index in [2.05, 4.69) is 41.3 Å². The fraction of sp³-hybridized carbons (Fsp3) is 0.200. The molecule has 0 saturated carbocycles. The Balaban J connectivity index is 2.21. The van der Waals surface area contributed by atoms with Gasteiger partial charge in [-0.3, -0.25) is 4.68 Å². The van der Waals surface area contributed by atoms with E-state index in [0.717, 1.165) is 22.5 Å². The topological polar surface area (TPSA) is 61.7 Å². The molecule has 2 heterocycles. The molecule has 0 bridgehead atoms. The third-order valence-corrected chi connectivity index (χ3v) is 3.38. The zero-order chi connectivity index (χ0) is 14.3. The van der Waals surface area contributed by atoms with Crippen LogP contribution >= 0.6 is 0 Å². The molecule has 0 amide bonds. The molecule has 0 aliphatic carbocycles. The number of aromatic nitrogens is 4. The molecule has 5 heteroatoms. The molecule has 0 unspecified atom stereocenters. The Morgan fingerprint density at radius 2 is 1.80 bits per heavy atom. The third kappa shape index (κ3) is 1.97. The number of imidazole rings is 1. The first-order chi connectivity index (χ1) is 9.56. The standard InChI is InChI=1S/C15H17N5/c1-10-4-6-11(7-5-10)13-14(18-20(3)15(13)16)12-8-19(2)9-17-12/h4-9H,16H2,1-3H3. The molecule has 5 nitrogen and oxygen atoms in total. The SMILES string of the molecule is Cc1ccc(-c2c(-c3cn(C)cn3)nn(C)c2N)cc1. The Morgan fingerprint density at radius 3 is 2.40 bits per heavy atom. The molecule has 20 heavy (non-hydrogen) atoms. The average Bonchev–Trinajstić information content (AvgIpc) is 2.97. The smallest absolute Gasteiger partial charge is 0.129 e. The van der Waals surface area contributed by atoms with E-state index in [1.807, 2.05) is 24.9 Å². The van der Waals surface area contributed by atoms with E-state index in [9.17, 15) is 0 Å². The number of benzene rings is 1. The van der Waals surface area contributed by atoms with Gasteiger partial charge in [0.2, 0.25) is 0 Å². The number of hydrogen-bond donors (Lipinski definition) is 1. The van der Waals surface area contributed by atoms with Crippen LogP contribution in [0.3, 0.4) is 0 Å². The Morgan fingerprint density at radius 1 is 1.10 bits per heavy atom. The number of rotatable bonds is 2. The van der Waals surface area contributed by atoms with E-state index in [0.29, 0.717) is 5.82 Å². The van der Waals surface area contributed by atoms with Crippen molar-refractivity contribution >= 4 is 5.82 Å². The van der Waals surface area contributed by atoms with Crippen LogP contribution in [-0.4, -0.2) is 19.3 Å². The van der Waals surface area contributed by atoms with E-state index in [1.165, 1.54) is 5.56 Å². The molecule has 0 saturated heterocycles. The molecule has 3 rings (SSSR count). The maximum atomic E-state index is 6.18. The van der Waals surface area contributed by atoms with Crippen LogP contribution in [0.4, 0.5) is 5.82 Å². The molecule has 0 spiro atoms. The summed E-state index contributed by atoms with van der Waals surface area (Å²) < 4.78 is 3.60. The van der Waals surface area contributed by atoms with Gasteiger partial charge in [-0.25, -0.2) is 4.98 Å². The number of hydrogen-bond acceptors (Lipinski definition) is 3. The van der Waals surface area contributed by atoms with Crippen LogP contribution in [0.2, 0.25) is 0 Å². The zero-order valence-electron chi connectivity index (χ0n) is 11.8. The Labute approximate surface area is 117 Å². The molecular formula is C15H17N5. The van der Waals surface area contributed by atoms with E-state index in [4.69, 9.17) is 5.73 Å². The highest BCUT2D eigenvalue weighted by Gasteiger charge is 2.18. The van der Waals surface area contributed by atoms with Gasteiger partial charge in [-0.05, 0) is 12.5 Å². The van der Waals surface area contributed by atoms with Gasteiger partial charge in [-0.1, -0.05) is 29.8 Å². The minimum absolute atomic E-state index is 0.648. The molecule has 0 aliphatic heterocycles. The van der Waals surface area contributed by atoms with Crippen molar-refractivity contribution in [3.63, 3.8) is 0 Å². The molecule has 102 valence electrons. The summed E-state index contributed by atoms with van der Waals surface area (Å²) in [4.78, 5) is 4.38. The van der Waals surface area contributed by atoms with Crippen molar-refractivity contribution in [2.24, 2.45) is 14.1 Å². The van der Waals surface area contributed by atoms with Crippen molar-refractivity contribution in [2.75, 3.05) is 5.73 Å². The Kier molecular flexibility index (Phi) is 2.82. The number of nitrogen functional groups attached to an aromatic ring is 1. The van der Waals surface area contributed by atoms with Gasteiger partial charge in [0.15, 0.2) is 0 Å². The maximum Gasteiger partial charge on any atom is 0.129 e. The van der Waals surface area contributed by atoms with Crippen molar-refractivity contribution in [1.82, 2.24) is 19.3 Å². The summed E-state index contributed by atoms with van der Waals surface area (Å²) in [6.45, 7) is 2.07. The van der Waals surface area contributed by atoms with Crippen LogP contribution in [0, 0.1) is 6.92 Å². The lowest BCUT2D eigenvalue weighted by molar-refractivity contribution is 0.781. The van der Waals surface area contributed by atoms with E-state index < -0.39 is 0 Å². The molecule has 2 aromatic heterocycles. The first-order valence-electron chi connectivity index (χ1n) is 6.44. The summed E-state index contributed by atoms with van der Waals surface area (Å²) in [5, 5.41) is 4.51. The summed E-state index contributed by atoms with van der Waals surface area (Å²) in [5.41, 5.74) is 11.0. The molecule has 1 aromatic carbocycles. The lowest BCUT2D eigenvalue weighted by atomic mass is 10.0. The molecule has 0 fully saturated rings. The second-order valence-corrected chi connectivity index (χ2v) is 5.02. The largest absolute Gasteiger partial charge is 0.383 e. The normalized spacial score (nSPS) is 10.9. The second kappa shape index (κ2) is 4.52. The molecule has 0 atom stereocenters. The van der Waals surface area contributed by atoms with Crippen molar-refractivity contribution in [3.8, 4) is 22.5 Å². The van der Waals surface area contributed by atoms with Crippen LogP contribution in [0.5, 0.6) is 0 Å². The van der Waals surface area contributed by atoms with Gasteiger partial charge in [-0.2, -0.15) is 5.10 Å². The lowest BCUT2D eigenvalue weighted by Gasteiger charge is -2.03. The van der Waals surface area contributed by atoms with Gasteiger partial charge in [0.05, 0.1) is 11.9 Å². The zero-order valence-corrected chi connectivity index (χ0v) is 11.8. The van der Waals surface area contributed by atoms with Crippen molar-refractivity contribution < 1.29 is 0 Å². The van der Waals surface area contributed by atoms with Crippen LogP contribution in [0.1, 0.15) is 5.56 Å². The molecule has 0 radical (unpaired) electrons. The van der Waals surface area contributed by atoms with E-state index in [-0.39, 0.29) is 0 Å². The summed E-state index contributed by atoms with van der Waals surface area (Å²) in [6, 6.07) is 8.28. The summed E-state index contributed by atoms with van der Waals surface area (Å²) in [6.07, 6.45) is 3.71. The van der Waals surface area contributed by atoms with Gasteiger partial charge < -0.3 is 10.3 Å². The fourth-order valence-electron chi connectivity index (χ4n) is 2.26. The number of aryl methyl sites for hydroxylation is 3. The average molecular weight is 267 g/mol. The molecule has 2 N–H and O–H groups in total. The minimum Gasteiger partial charge on any atom is -0.383 e. The monoisotopic (exact) mass is 267 g/mol. The summed E-state index contributed by atoms with van der Waals surface area (Å²) in [5.74, 6) is 0.648. The van der Waals surface area contributed by atoms with Crippen LogP contribution in [-0.2, 0) is 14.1 Å². The lowest BCUT2D eigenvalue weighted by Crippen LogP contribution is -1.97. The molecule has 3 aromatic rings. The van der Waals surface area contributed by atoms with Crippen molar-refractivity contribution in [1.29, 1.82) is 0 Å². The van der Waals surface area contributed by atoms with Crippen LogP contribution in [0.25, 0.3) is 22.5 Å². The van der Waals surface area contributed by atoms with Crippen LogP contribution in [0.15, 0.2) is 36.8 Å². The van der Waals surface area contributed by atoms with Gasteiger partial charge in [-0.15, -0.1) is 0 Å². The predicted molar refractivity (Wildman–Crippen MR) is 80.0 cm³/mol. The van der Waals surface area contributed by atoms with Gasteiger partial charge in [0, 0.05) is 20.3 Å². The second-order valence-electron chi connectivity index (χ2n) is 5.02. The third-order valence-electron chi connectivity index (χ3n) is 3.38. The van der Waals surface area contributed by atoms with E-state index in [1.54, 1.807) is 11.0 Å². The minimum atomic E-state index is 0.648. The van der Waals surface area contributed by atoms with Gasteiger partial charge in [0.25, 0.3) is 0 Å². The Bertz CT molecular complexity index is 749. The summed E-state index contributed by atoms with van der Waals surface area (Å²) in [7, 11) is 3.79. The summed E-state index contributed by atoms with van der Waals surface area (Å²) >= 11 is 0. The predicted octanol–water partition coefficient (Wildman–Crippen LogP) is 2.38. The highest BCUT2D eigenvalue weighted by Crippen LogP contribution is 2.35. The highest BCUT2D eigenvalue weighted by atomic mass is 15.3. The molecule has 0 aliphatic rings. The molecular weight excluding hydrogens is 250 g/mol. The Hall–Kier alpha value is -2.56. The van der Waals surface area contributed by atoms with E-state index >= 15 is 0 Å². The van der Waals surface area contributed by atoms with Crippen molar-refractivity contribution in [3.05, 3.63) is 42.4 Å². The fourth-order valence-corrected chi connectivity index (χ4v) is 2.26. The maximum absolute atomic E-state index is 6.18. The first-order valence-corrected chi connectivity index (χ1v) is 6.44. The van der Waals surface area contributed by atoms with Gasteiger partial charge >= 0.3 is 0 Å². The quantitative estimate of drug-likeness (QED) is 0.775. The first kappa shape index (κ1) is 12.5.